The summed E-state index contributed by atoms with van der Waals surface area (Å²) in [7, 11) is 1.53. The van der Waals surface area contributed by atoms with Crippen LogP contribution >= 0.6 is 23.2 Å². The lowest BCUT2D eigenvalue weighted by Gasteiger charge is -2.05. The number of halogens is 2. The van der Waals surface area contributed by atoms with E-state index in [1.54, 1.807) is 13.0 Å². The maximum Gasteiger partial charge on any atom is 0.254 e. The highest BCUT2D eigenvalue weighted by atomic mass is 35.5. The smallest absolute Gasteiger partial charge is 0.254 e. The molecule has 0 fully saturated rings. The highest BCUT2D eigenvalue weighted by Gasteiger charge is 2.13. The number of carbonyl (C=O) groups is 1. The highest BCUT2D eigenvalue weighted by molar-refractivity contribution is 6.34. The first kappa shape index (κ1) is 10.3. The van der Waals surface area contributed by atoms with Crippen LogP contribution in [-0.4, -0.2) is 17.9 Å². The molecule has 3 nitrogen and oxygen atoms in total. The molecule has 0 radical (unpaired) electrons. The van der Waals surface area contributed by atoms with Crippen molar-refractivity contribution in [3.63, 3.8) is 0 Å². The van der Waals surface area contributed by atoms with Crippen LogP contribution in [0.3, 0.4) is 0 Å². The lowest BCUT2D eigenvalue weighted by atomic mass is 10.1. The number of carbonyl (C=O) groups excluding carboxylic acids is 1. The van der Waals surface area contributed by atoms with Gasteiger partial charge in [-0.25, -0.2) is 4.98 Å². The largest absolute Gasteiger partial charge is 0.355 e. The number of amides is 1. The maximum absolute atomic E-state index is 11.3. The molecule has 1 amide bonds. The van der Waals surface area contributed by atoms with Crippen LogP contribution in [0.1, 0.15) is 15.9 Å². The fourth-order valence-corrected chi connectivity index (χ4v) is 1.61. The molecule has 0 saturated heterocycles. The van der Waals surface area contributed by atoms with Gasteiger partial charge in [0.25, 0.3) is 5.91 Å². The summed E-state index contributed by atoms with van der Waals surface area (Å²) < 4.78 is 0. The van der Waals surface area contributed by atoms with Crippen LogP contribution in [0.5, 0.6) is 0 Å². The molecular formula is C8H8Cl2N2O. The minimum Gasteiger partial charge on any atom is -0.355 e. The third-order valence-electron chi connectivity index (χ3n) is 1.60. The second kappa shape index (κ2) is 3.94. The molecule has 13 heavy (non-hydrogen) atoms. The molecule has 0 saturated carbocycles. The summed E-state index contributed by atoms with van der Waals surface area (Å²) in [6, 6.07) is 1.60. The Morgan fingerprint density at radius 1 is 1.54 bits per heavy atom. The van der Waals surface area contributed by atoms with Crippen molar-refractivity contribution in [2.45, 2.75) is 6.92 Å². The normalized spacial score (nSPS) is 9.85. The van der Waals surface area contributed by atoms with E-state index >= 15 is 0 Å². The molecule has 1 aromatic heterocycles. The number of pyridine rings is 1. The zero-order valence-corrected chi connectivity index (χ0v) is 8.70. The van der Waals surface area contributed by atoms with E-state index in [2.05, 4.69) is 10.3 Å². The van der Waals surface area contributed by atoms with Crippen LogP contribution in [-0.2, 0) is 0 Å². The average molecular weight is 219 g/mol. The van der Waals surface area contributed by atoms with Crippen molar-refractivity contribution < 1.29 is 4.79 Å². The molecule has 0 aliphatic heterocycles. The van der Waals surface area contributed by atoms with Gasteiger partial charge in [-0.3, -0.25) is 4.79 Å². The Morgan fingerprint density at radius 2 is 2.15 bits per heavy atom. The fourth-order valence-electron chi connectivity index (χ4n) is 0.993. The predicted molar refractivity (Wildman–Crippen MR) is 52.4 cm³/mol. The Kier molecular flexibility index (Phi) is 3.12. The van der Waals surface area contributed by atoms with Crippen molar-refractivity contribution in [2.24, 2.45) is 0 Å². The number of aromatic nitrogens is 1. The van der Waals surface area contributed by atoms with Gasteiger partial charge in [0, 0.05) is 7.05 Å². The minimum atomic E-state index is -0.258. The van der Waals surface area contributed by atoms with E-state index in [1.165, 1.54) is 7.05 Å². The van der Waals surface area contributed by atoms with Crippen LogP contribution in [0.15, 0.2) is 6.07 Å². The second-order valence-corrected chi connectivity index (χ2v) is 3.25. The van der Waals surface area contributed by atoms with E-state index in [1.807, 2.05) is 0 Å². The van der Waals surface area contributed by atoms with E-state index in [-0.39, 0.29) is 16.2 Å². The maximum atomic E-state index is 11.3. The average Bonchev–Trinajstić information content (AvgIpc) is 2.02. The molecule has 1 N–H and O–H groups in total. The van der Waals surface area contributed by atoms with Gasteiger partial charge in [-0.2, -0.15) is 0 Å². The quantitative estimate of drug-likeness (QED) is 0.734. The number of hydrogen-bond donors (Lipinski definition) is 1. The highest BCUT2D eigenvalue weighted by Crippen LogP contribution is 2.20. The molecule has 1 heterocycles. The van der Waals surface area contributed by atoms with Crippen LogP contribution in [0.4, 0.5) is 0 Å². The molecule has 5 heteroatoms. The third-order valence-corrected chi connectivity index (χ3v) is 2.06. The van der Waals surface area contributed by atoms with Crippen LogP contribution in [0, 0.1) is 6.92 Å². The van der Waals surface area contributed by atoms with E-state index in [0.29, 0.717) is 11.1 Å². The van der Waals surface area contributed by atoms with Gasteiger partial charge in [0.2, 0.25) is 0 Å². The van der Waals surface area contributed by atoms with Crippen molar-refractivity contribution >= 4 is 29.1 Å². The molecule has 0 aliphatic rings. The predicted octanol–water partition coefficient (Wildman–Crippen LogP) is 2.06. The van der Waals surface area contributed by atoms with Crippen LogP contribution in [0.2, 0.25) is 10.3 Å². The van der Waals surface area contributed by atoms with E-state index in [4.69, 9.17) is 23.2 Å². The van der Waals surface area contributed by atoms with Crippen molar-refractivity contribution in [1.29, 1.82) is 0 Å². The first-order chi connectivity index (χ1) is 6.06. The number of aryl methyl sites for hydroxylation is 1. The molecule has 0 aromatic carbocycles. The molecule has 0 unspecified atom stereocenters. The molecule has 0 spiro atoms. The minimum absolute atomic E-state index is 0.129. The van der Waals surface area contributed by atoms with Gasteiger partial charge in [0.15, 0.2) is 0 Å². The van der Waals surface area contributed by atoms with Crippen molar-refractivity contribution in [3.05, 3.63) is 27.5 Å². The standard InChI is InChI=1S/C8H8Cl2N2O/c1-4-3-5(9)12-7(10)6(4)8(13)11-2/h3H,1-2H3,(H,11,13). The molecule has 70 valence electrons. The lowest BCUT2D eigenvalue weighted by Crippen LogP contribution is -2.19. The Bertz CT molecular complexity index is 329. The molecule has 1 aromatic rings. The molecular weight excluding hydrogens is 211 g/mol. The van der Waals surface area contributed by atoms with Gasteiger partial charge >= 0.3 is 0 Å². The summed E-state index contributed by atoms with van der Waals surface area (Å²) in [4.78, 5) is 15.1. The molecule has 0 bridgehead atoms. The summed E-state index contributed by atoms with van der Waals surface area (Å²) in [5, 5.41) is 2.89. The Balaban J connectivity index is 3.28. The van der Waals surface area contributed by atoms with E-state index in [9.17, 15) is 4.79 Å². The van der Waals surface area contributed by atoms with Crippen LogP contribution < -0.4 is 5.32 Å². The van der Waals surface area contributed by atoms with Crippen molar-refractivity contribution in [2.75, 3.05) is 7.05 Å². The van der Waals surface area contributed by atoms with Crippen LogP contribution in [0.25, 0.3) is 0 Å². The van der Waals surface area contributed by atoms with E-state index in [0.717, 1.165) is 0 Å². The van der Waals surface area contributed by atoms with Gasteiger partial charge < -0.3 is 5.32 Å². The Morgan fingerprint density at radius 3 is 2.62 bits per heavy atom. The van der Waals surface area contributed by atoms with Crippen molar-refractivity contribution in [3.8, 4) is 0 Å². The van der Waals surface area contributed by atoms with Gasteiger partial charge in [-0.15, -0.1) is 0 Å². The summed E-state index contributed by atoms with van der Waals surface area (Å²) >= 11 is 11.4. The number of nitrogens with one attached hydrogen (secondary N) is 1. The third kappa shape index (κ3) is 2.11. The number of nitrogens with zero attached hydrogens (tertiary/aromatic N) is 1. The van der Waals surface area contributed by atoms with Gasteiger partial charge in [0.05, 0.1) is 5.56 Å². The van der Waals surface area contributed by atoms with Gasteiger partial charge in [-0.05, 0) is 18.6 Å². The summed E-state index contributed by atoms with van der Waals surface area (Å²) in [5.41, 5.74) is 1.08. The number of rotatable bonds is 1. The molecule has 1 rings (SSSR count). The molecule has 0 atom stereocenters. The molecule has 0 aliphatic carbocycles. The van der Waals surface area contributed by atoms with E-state index < -0.39 is 0 Å². The second-order valence-electron chi connectivity index (χ2n) is 2.51. The Labute approximate surface area is 86.1 Å². The van der Waals surface area contributed by atoms with Crippen molar-refractivity contribution in [1.82, 2.24) is 10.3 Å². The zero-order chi connectivity index (χ0) is 10.0. The summed E-state index contributed by atoms with van der Waals surface area (Å²) in [6.45, 7) is 1.75. The summed E-state index contributed by atoms with van der Waals surface area (Å²) in [5.74, 6) is -0.258. The zero-order valence-electron chi connectivity index (χ0n) is 7.19. The fraction of sp³-hybridized carbons (Fsp3) is 0.250. The summed E-state index contributed by atoms with van der Waals surface area (Å²) in [6.07, 6.45) is 0. The first-order valence-electron chi connectivity index (χ1n) is 3.61. The van der Waals surface area contributed by atoms with Gasteiger partial charge in [0.1, 0.15) is 10.3 Å². The number of hydrogen-bond acceptors (Lipinski definition) is 2. The lowest BCUT2D eigenvalue weighted by molar-refractivity contribution is 0.0962. The monoisotopic (exact) mass is 218 g/mol. The first-order valence-corrected chi connectivity index (χ1v) is 4.36. The van der Waals surface area contributed by atoms with Gasteiger partial charge in [-0.1, -0.05) is 23.2 Å². The Hall–Kier alpha value is -0.800. The topological polar surface area (TPSA) is 42.0 Å². The SMILES string of the molecule is CNC(=O)c1c(C)cc(Cl)nc1Cl.